The molecule has 31 heavy (non-hydrogen) atoms. The lowest BCUT2D eigenvalue weighted by molar-refractivity contribution is -0.148. The zero-order valence-electron chi connectivity index (χ0n) is 19.1. The van der Waals surface area contributed by atoms with E-state index in [1.54, 1.807) is 13.8 Å². The van der Waals surface area contributed by atoms with Crippen LogP contribution in [0.3, 0.4) is 0 Å². The summed E-state index contributed by atoms with van der Waals surface area (Å²) >= 11 is 0. The predicted octanol–water partition coefficient (Wildman–Crippen LogP) is 6.50. The number of carbonyl (C=O) groups is 2. The molecular formula is C27H36O4. The van der Waals surface area contributed by atoms with Crippen LogP contribution in [0.1, 0.15) is 58.4 Å². The minimum absolute atomic E-state index is 0.0817. The maximum absolute atomic E-state index is 11.1. The second-order valence-electron chi connectivity index (χ2n) is 7.54. The van der Waals surface area contributed by atoms with Crippen LogP contribution in [0, 0.1) is 5.92 Å². The fourth-order valence-corrected chi connectivity index (χ4v) is 2.67. The van der Waals surface area contributed by atoms with Gasteiger partial charge in [-0.3, -0.25) is 9.59 Å². The van der Waals surface area contributed by atoms with Gasteiger partial charge in [0, 0.05) is 0 Å². The molecule has 0 fully saturated rings. The van der Waals surface area contributed by atoms with E-state index < -0.39 is 0 Å². The van der Waals surface area contributed by atoms with Gasteiger partial charge in [0.25, 0.3) is 0 Å². The monoisotopic (exact) mass is 424 g/mol. The van der Waals surface area contributed by atoms with Crippen LogP contribution in [0.4, 0.5) is 0 Å². The largest absolute Gasteiger partial charge is 0.490 e. The Kier molecular flexibility index (Phi) is 14.2. The Morgan fingerprint density at radius 2 is 1.55 bits per heavy atom. The van der Waals surface area contributed by atoms with Crippen LogP contribution in [0.2, 0.25) is 0 Å². The van der Waals surface area contributed by atoms with Gasteiger partial charge in [-0.15, -0.1) is 0 Å². The summed E-state index contributed by atoms with van der Waals surface area (Å²) in [5.41, 5.74) is 2.02. The summed E-state index contributed by atoms with van der Waals surface area (Å²) in [7, 11) is 0. The molecule has 0 aromatic heterocycles. The summed E-state index contributed by atoms with van der Waals surface area (Å²) < 4.78 is 10.3. The number of para-hydroxylation sites is 1. The number of esters is 1. The van der Waals surface area contributed by atoms with E-state index in [-0.39, 0.29) is 11.9 Å². The molecule has 0 aliphatic heterocycles. The predicted molar refractivity (Wildman–Crippen MR) is 127 cm³/mol. The third kappa shape index (κ3) is 13.1. The summed E-state index contributed by atoms with van der Waals surface area (Å²) in [6.45, 7) is 6.50. The van der Waals surface area contributed by atoms with E-state index in [1.807, 2.05) is 66.7 Å². The Labute approximate surface area is 187 Å². The van der Waals surface area contributed by atoms with Crippen LogP contribution in [-0.4, -0.2) is 25.5 Å². The molecule has 0 saturated heterocycles. The smallest absolute Gasteiger partial charge is 0.308 e. The molecule has 0 N–H and O–H groups in total. The maximum Gasteiger partial charge on any atom is 0.308 e. The van der Waals surface area contributed by atoms with Crippen LogP contribution in [-0.2, 0) is 14.3 Å². The molecule has 0 spiro atoms. The van der Waals surface area contributed by atoms with Gasteiger partial charge < -0.3 is 9.47 Å². The summed E-state index contributed by atoms with van der Waals surface area (Å²) in [6, 6.07) is 19.5. The summed E-state index contributed by atoms with van der Waals surface area (Å²) in [5, 5.41) is 0. The minimum Gasteiger partial charge on any atom is -0.490 e. The molecule has 0 atom stereocenters. The van der Waals surface area contributed by atoms with Crippen molar-refractivity contribution < 1.29 is 19.1 Å². The zero-order valence-corrected chi connectivity index (χ0v) is 19.1. The van der Waals surface area contributed by atoms with Crippen molar-refractivity contribution in [3.05, 3.63) is 71.8 Å². The van der Waals surface area contributed by atoms with Crippen LogP contribution in [0.5, 0.6) is 5.75 Å². The Balaban J connectivity index is 0.000000311. The van der Waals surface area contributed by atoms with Crippen molar-refractivity contribution >= 4 is 18.3 Å². The molecule has 0 heterocycles. The molecule has 0 amide bonds. The molecule has 0 aliphatic carbocycles. The lowest BCUT2D eigenvalue weighted by Crippen LogP contribution is -2.16. The molecule has 168 valence electrons. The highest BCUT2D eigenvalue weighted by molar-refractivity contribution is 5.81. The molecule has 0 radical (unpaired) electrons. The molecule has 0 aliphatic rings. The topological polar surface area (TPSA) is 52.6 Å². The molecule has 2 aromatic rings. The third-order valence-corrected chi connectivity index (χ3v) is 4.43. The van der Waals surface area contributed by atoms with Gasteiger partial charge in [0.2, 0.25) is 0 Å². The number of allylic oxidation sites excluding steroid dienone is 1. The van der Waals surface area contributed by atoms with E-state index in [0.29, 0.717) is 13.2 Å². The van der Waals surface area contributed by atoms with Crippen molar-refractivity contribution in [3.8, 4) is 5.75 Å². The Hall–Kier alpha value is -2.88. The summed E-state index contributed by atoms with van der Waals surface area (Å²) in [5.74, 6) is 0.520. The first-order valence-electron chi connectivity index (χ1n) is 11.1. The number of hydrogen-bond donors (Lipinski definition) is 0. The van der Waals surface area contributed by atoms with E-state index in [2.05, 4.69) is 6.92 Å². The van der Waals surface area contributed by atoms with Crippen molar-refractivity contribution in [2.75, 3.05) is 13.2 Å². The molecule has 4 heteroatoms. The van der Waals surface area contributed by atoms with E-state index >= 15 is 0 Å². The highest BCUT2D eigenvalue weighted by atomic mass is 16.6. The average molecular weight is 425 g/mol. The van der Waals surface area contributed by atoms with Crippen molar-refractivity contribution in [2.45, 2.75) is 52.9 Å². The minimum atomic E-state index is -0.188. The number of benzene rings is 2. The molecule has 4 nitrogen and oxygen atoms in total. The van der Waals surface area contributed by atoms with Crippen LogP contribution in [0.15, 0.2) is 66.2 Å². The molecule has 0 bridgehead atoms. The van der Waals surface area contributed by atoms with Crippen molar-refractivity contribution in [1.82, 2.24) is 0 Å². The van der Waals surface area contributed by atoms with Gasteiger partial charge in [-0.25, -0.2) is 0 Å². The lowest BCUT2D eigenvalue weighted by atomic mass is 10.0. The molecule has 0 saturated carbocycles. The molecule has 0 unspecified atom stereocenters. The fraction of sp³-hybridized carbons (Fsp3) is 0.407. The number of aldehydes is 1. The van der Waals surface area contributed by atoms with Crippen LogP contribution < -0.4 is 4.74 Å². The Morgan fingerprint density at radius 3 is 2.13 bits per heavy atom. The maximum atomic E-state index is 11.1. The first-order chi connectivity index (χ1) is 15.1. The normalized spacial score (nSPS) is 10.8. The van der Waals surface area contributed by atoms with E-state index in [0.717, 1.165) is 36.0 Å². The molecule has 2 rings (SSSR count). The highest BCUT2D eigenvalue weighted by Crippen LogP contribution is 2.12. The van der Waals surface area contributed by atoms with E-state index in [9.17, 15) is 9.59 Å². The number of hydrogen-bond acceptors (Lipinski definition) is 4. The van der Waals surface area contributed by atoms with E-state index in [1.165, 1.54) is 19.3 Å². The van der Waals surface area contributed by atoms with E-state index in [4.69, 9.17) is 9.47 Å². The van der Waals surface area contributed by atoms with Gasteiger partial charge in [-0.05, 0) is 42.2 Å². The van der Waals surface area contributed by atoms with Crippen molar-refractivity contribution in [2.24, 2.45) is 5.92 Å². The van der Waals surface area contributed by atoms with Crippen molar-refractivity contribution in [1.29, 1.82) is 0 Å². The number of ether oxygens (including phenoxy) is 2. The fourth-order valence-electron chi connectivity index (χ4n) is 2.67. The summed E-state index contributed by atoms with van der Waals surface area (Å²) in [4.78, 5) is 22.0. The summed E-state index contributed by atoms with van der Waals surface area (Å²) in [6.07, 6.45) is 8.70. The highest BCUT2D eigenvalue weighted by Gasteiger charge is 2.07. The Bertz CT molecular complexity index is 751. The first-order valence-corrected chi connectivity index (χ1v) is 11.1. The van der Waals surface area contributed by atoms with Gasteiger partial charge in [0.05, 0.1) is 5.92 Å². The number of carbonyl (C=O) groups excluding carboxylic acids is 2. The molecular weight excluding hydrogens is 388 g/mol. The van der Waals surface area contributed by atoms with Gasteiger partial charge in [-0.2, -0.15) is 0 Å². The second-order valence-corrected chi connectivity index (χ2v) is 7.54. The quantitative estimate of drug-likeness (QED) is 0.169. The standard InChI is InChI=1S/C15H20O.C12H16O3/c1-2-3-4-6-11-15(13-16)12-14-9-7-5-8-10-14;1-10(2)12(13)15-9-8-14-11-6-4-3-5-7-11/h5,7-10,12-13H,2-4,6,11H2,1H3;3-7,10H,8-9H2,1-2H3/b15-12+;. The Morgan fingerprint density at radius 1 is 0.903 bits per heavy atom. The zero-order chi connectivity index (χ0) is 22.7. The second kappa shape index (κ2) is 16.9. The van der Waals surface area contributed by atoms with Gasteiger partial charge in [-0.1, -0.05) is 88.6 Å². The lowest BCUT2D eigenvalue weighted by Gasteiger charge is -2.08. The van der Waals surface area contributed by atoms with Crippen LogP contribution in [0.25, 0.3) is 6.08 Å². The van der Waals surface area contributed by atoms with Gasteiger partial charge in [0.15, 0.2) is 0 Å². The number of rotatable bonds is 12. The van der Waals surface area contributed by atoms with Gasteiger partial charge >= 0.3 is 5.97 Å². The third-order valence-electron chi connectivity index (χ3n) is 4.43. The average Bonchev–Trinajstić information content (AvgIpc) is 2.80. The van der Waals surface area contributed by atoms with Crippen molar-refractivity contribution in [3.63, 3.8) is 0 Å². The number of unbranched alkanes of at least 4 members (excludes halogenated alkanes) is 3. The first kappa shape index (κ1) is 26.2. The van der Waals surface area contributed by atoms with Crippen LogP contribution >= 0.6 is 0 Å². The molecule has 2 aromatic carbocycles. The SMILES string of the molecule is CC(C)C(=O)OCCOc1ccccc1.CCCCCC/C(C=O)=C\c1ccccc1. The van der Waals surface area contributed by atoms with Gasteiger partial charge in [0.1, 0.15) is 25.2 Å².